The highest BCUT2D eigenvalue weighted by molar-refractivity contribution is 9.47. The molecule has 0 aromatic carbocycles. The Morgan fingerprint density at radius 2 is 2.00 bits per heavy atom. The molecule has 0 amide bonds. The van der Waals surface area contributed by atoms with Crippen molar-refractivity contribution in [1.82, 2.24) is 0 Å². The fraction of sp³-hybridized carbons (Fsp3) is 0.900. The van der Waals surface area contributed by atoms with Gasteiger partial charge in [-0.3, -0.25) is 4.79 Å². The number of carbonyl (C=O) groups is 1. The Bertz CT molecular complexity index is 447. The van der Waals surface area contributed by atoms with Crippen molar-refractivity contribution in [3.63, 3.8) is 0 Å². The van der Waals surface area contributed by atoms with Gasteiger partial charge in [-0.05, 0) is 24.2 Å². The lowest BCUT2D eigenvalue weighted by molar-refractivity contribution is -0.127. The molecular formula is C10H14Br2O3S. The molecule has 16 heavy (non-hydrogen) atoms. The zero-order valence-corrected chi connectivity index (χ0v) is 13.2. The van der Waals surface area contributed by atoms with Crippen LogP contribution in [0.25, 0.3) is 0 Å². The van der Waals surface area contributed by atoms with Gasteiger partial charge in [0.25, 0.3) is 0 Å². The van der Waals surface area contributed by atoms with Crippen molar-refractivity contribution in [1.29, 1.82) is 0 Å². The summed E-state index contributed by atoms with van der Waals surface area (Å²) in [4.78, 5) is 12.0. The van der Waals surface area contributed by atoms with E-state index in [1.54, 1.807) is 0 Å². The minimum atomic E-state index is -3.24. The zero-order chi connectivity index (χ0) is 12.4. The van der Waals surface area contributed by atoms with Crippen molar-refractivity contribution in [3.05, 3.63) is 0 Å². The number of hydrogen-bond acceptors (Lipinski definition) is 3. The predicted molar refractivity (Wildman–Crippen MR) is 69.4 cm³/mol. The molecule has 2 fully saturated rings. The van der Waals surface area contributed by atoms with Crippen LogP contribution in [-0.4, -0.2) is 24.8 Å². The average molecular weight is 374 g/mol. The van der Waals surface area contributed by atoms with Crippen molar-refractivity contribution in [3.8, 4) is 0 Å². The Morgan fingerprint density at radius 1 is 1.44 bits per heavy atom. The highest BCUT2D eigenvalue weighted by atomic mass is 79.9. The van der Waals surface area contributed by atoms with E-state index in [9.17, 15) is 13.2 Å². The van der Waals surface area contributed by atoms with Crippen LogP contribution in [0.3, 0.4) is 0 Å². The van der Waals surface area contributed by atoms with Gasteiger partial charge in [-0.15, -0.1) is 0 Å². The van der Waals surface area contributed by atoms with Gasteiger partial charge in [-0.2, -0.15) is 0 Å². The lowest BCUT2D eigenvalue weighted by atomic mass is 9.70. The van der Waals surface area contributed by atoms with Crippen LogP contribution in [0.5, 0.6) is 0 Å². The van der Waals surface area contributed by atoms with Crippen molar-refractivity contribution in [2.45, 2.75) is 31.5 Å². The monoisotopic (exact) mass is 372 g/mol. The van der Waals surface area contributed by atoms with Crippen LogP contribution in [0, 0.1) is 16.7 Å². The van der Waals surface area contributed by atoms with Gasteiger partial charge in [0.05, 0.1) is 25.4 Å². The maximum atomic E-state index is 12.1. The maximum absolute atomic E-state index is 12.1. The summed E-state index contributed by atoms with van der Waals surface area (Å²) < 4.78 is 22.9. The van der Waals surface area contributed by atoms with Gasteiger partial charge < -0.3 is 0 Å². The van der Waals surface area contributed by atoms with Crippen LogP contribution in [0.1, 0.15) is 26.7 Å². The highest BCUT2D eigenvalue weighted by Crippen LogP contribution is 2.65. The topological polar surface area (TPSA) is 51.2 Å². The summed E-state index contributed by atoms with van der Waals surface area (Å²) in [7, 11) is -3.24. The van der Waals surface area contributed by atoms with Gasteiger partial charge in [-0.1, -0.05) is 29.8 Å². The van der Waals surface area contributed by atoms with Crippen molar-refractivity contribution >= 4 is 44.8 Å². The molecule has 0 saturated heterocycles. The molecule has 0 aromatic rings. The molecule has 3 nitrogen and oxygen atoms in total. The summed E-state index contributed by atoms with van der Waals surface area (Å²) in [5.41, 5.74) is -0.937. The zero-order valence-electron chi connectivity index (χ0n) is 9.16. The fourth-order valence-corrected chi connectivity index (χ4v) is 7.47. The van der Waals surface area contributed by atoms with Crippen LogP contribution >= 0.6 is 30.7 Å². The van der Waals surface area contributed by atoms with E-state index in [2.05, 4.69) is 30.7 Å². The number of halogens is 2. The first-order chi connectivity index (χ1) is 7.12. The third-order valence-electron chi connectivity index (χ3n) is 4.65. The van der Waals surface area contributed by atoms with E-state index < -0.39 is 19.1 Å². The van der Waals surface area contributed by atoms with E-state index in [0.717, 1.165) is 12.8 Å². The summed E-state index contributed by atoms with van der Waals surface area (Å²) in [5.74, 6) is 0.342. The standard InChI is InChI=1S/C10H14Br2O3S/c1-9-4-3-6(7(11)8(9)13)10(9,2)5-16(12,14)15/h6-7H,3-5H2,1-2H3. The van der Waals surface area contributed by atoms with E-state index in [1.165, 1.54) is 0 Å². The molecule has 2 rings (SSSR count). The Hall–Kier alpha value is 0.580. The third kappa shape index (κ3) is 1.56. The second-order valence-electron chi connectivity index (χ2n) is 5.34. The van der Waals surface area contributed by atoms with Crippen LogP contribution in [-0.2, 0) is 13.1 Å². The molecule has 0 heterocycles. The lowest BCUT2D eigenvalue weighted by Crippen LogP contribution is -2.39. The largest absolute Gasteiger partial charge is 0.298 e. The number of alkyl halides is 1. The van der Waals surface area contributed by atoms with Gasteiger partial charge in [0, 0.05) is 5.41 Å². The Labute approximate surface area is 112 Å². The van der Waals surface area contributed by atoms with Gasteiger partial charge in [-0.25, -0.2) is 8.42 Å². The number of hydrogen-bond donors (Lipinski definition) is 0. The molecule has 0 radical (unpaired) electrons. The average Bonchev–Trinajstić information content (AvgIpc) is 2.40. The molecule has 0 aliphatic heterocycles. The minimum Gasteiger partial charge on any atom is -0.298 e. The second-order valence-corrected chi connectivity index (χ2v) is 10.7. The molecule has 0 spiro atoms. The summed E-state index contributed by atoms with van der Waals surface area (Å²) in [6.45, 7) is 3.84. The molecule has 2 saturated carbocycles. The second kappa shape index (κ2) is 3.54. The van der Waals surface area contributed by atoms with Crippen LogP contribution in [0.4, 0.5) is 0 Å². The number of ketones is 1. The van der Waals surface area contributed by atoms with Gasteiger partial charge in [0.15, 0.2) is 5.78 Å². The van der Waals surface area contributed by atoms with Crippen LogP contribution < -0.4 is 0 Å². The van der Waals surface area contributed by atoms with Crippen molar-refractivity contribution in [2.24, 2.45) is 16.7 Å². The quantitative estimate of drug-likeness (QED) is 0.551. The first-order valence-corrected chi connectivity index (χ1v) is 9.64. The molecule has 2 bridgehead atoms. The van der Waals surface area contributed by atoms with Crippen LogP contribution in [0.2, 0.25) is 0 Å². The Kier molecular flexibility index (Phi) is 2.88. The van der Waals surface area contributed by atoms with Gasteiger partial charge in [0.1, 0.15) is 0 Å². The number of carbonyl (C=O) groups excluding carboxylic acids is 1. The molecule has 2 aliphatic rings. The van der Waals surface area contributed by atoms with Crippen LogP contribution in [0.15, 0.2) is 0 Å². The van der Waals surface area contributed by atoms with E-state index in [4.69, 9.17) is 0 Å². The summed E-state index contributed by atoms with van der Waals surface area (Å²) >= 11 is 6.14. The number of fused-ring (bicyclic) bond motifs is 2. The Morgan fingerprint density at radius 3 is 2.38 bits per heavy atom. The molecule has 2 aliphatic carbocycles. The first-order valence-electron chi connectivity index (χ1n) is 5.22. The van der Waals surface area contributed by atoms with E-state index in [1.807, 2.05) is 13.8 Å². The fourth-order valence-electron chi connectivity index (χ4n) is 3.44. The molecule has 4 unspecified atom stereocenters. The molecule has 6 heteroatoms. The van der Waals surface area contributed by atoms with E-state index in [-0.39, 0.29) is 22.3 Å². The highest BCUT2D eigenvalue weighted by Gasteiger charge is 2.68. The maximum Gasteiger partial charge on any atom is 0.209 e. The van der Waals surface area contributed by atoms with E-state index >= 15 is 0 Å². The van der Waals surface area contributed by atoms with Gasteiger partial charge >= 0.3 is 0 Å². The normalized spacial score (nSPS) is 47.6. The predicted octanol–water partition coefficient (Wildman–Crippen LogP) is 2.48. The third-order valence-corrected chi connectivity index (χ3v) is 7.34. The summed E-state index contributed by atoms with van der Waals surface area (Å²) in [5, 5.41) is 0. The number of Topliss-reactive ketones (excluding diaryl/α,β-unsaturated/α-hetero) is 1. The van der Waals surface area contributed by atoms with Crippen molar-refractivity contribution < 1.29 is 13.2 Å². The molecule has 0 aromatic heterocycles. The smallest absolute Gasteiger partial charge is 0.209 e. The minimum absolute atomic E-state index is 0.0367. The Balaban J connectivity index is 2.47. The van der Waals surface area contributed by atoms with Crippen molar-refractivity contribution in [2.75, 3.05) is 5.75 Å². The summed E-state index contributed by atoms with van der Waals surface area (Å²) in [6.07, 6.45) is 1.73. The number of rotatable bonds is 2. The summed E-state index contributed by atoms with van der Waals surface area (Å²) in [6, 6.07) is 0. The lowest BCUT2D eigenvalue weighted by Gasteiger charge is -2.35. The van der Waals surface area contributed by atoms with E-state index in [0.29, 0.717) is 0 Å². The molecular weight excluding hydrogens is 360 g/mol. The molecule has 92 valence electrons. The molecule has 0 N–H and O–H groups in total. The molecule has 4 atom stereocenters. The first kappa shape index (κ1) is 13.0. The SMILES string of the molecule is CC12CCC(C(Br)C1=O)C2(C)CS(=O)(=O)Br. The van der Waals surface area contributed by atoms with Gasteiger partial charge in [0.2, 0.25) is 8.27 Å².